The first-order valence-electron chi connectivity index (χ1n) is 9.76. The molecule has 32 heavy (non-hydrogen) atoms. The van der Waals surface area contributed by atoms with Gasteiger partial charge in [-0.1, -0.05) is 23.7 Å². The Hall–Kier alpha value is -3.84. The lowest BCUT2D eigenvalue weighted by molar-refractivity contribution is 0.102. The van der Waals surface area contributed by atoms with E-state index < -0.39 is 11.5 Å². The van der Waals surface area contributed by atoms with Gasteiger partial charge in [-0.3, -0.25) is 14.2 Å². The zero-order valence-electron chi connectivity index (χ0n) is 17.5. The summed E-state index contributed by atoms with van der Waals surface area (Å²) in [5, 5.41) is 4.04. The highest BCUT2D eigenvalue weighted by atomic mass is 35.5. The number of ether oxygens (including phenoxy) is 2. The van der Waals surface area contributed by atoms with E-state index in [0.29, 0.717) is 33.2 Å². The smallest absolute Gasteiger partial charge is 0.265 e. The highest BCUT2D eigenvalue weighted by Gasteiger charge is 2.18. The lowest BCUT2D eigenvalue weighted by Crippen LogP contribution is -2.30. The van der Waals surface area contributed by atoms with Gasteiger partial charge in [0.1, 0.15) is 22.7 Å². The van der Waals surface area contributed by atoms with Crippen molar-refractivity contribution in [3.05, 3.63) is 93.4 Å². The highest BCUT2D eigenvalue weighted by Crippen LogP contribution is 2.29. The fourth-order valence-electron chi connectivity index (χ4n) is 3.38. The maximum absolute atomic E-state index is 13.3. The normalized spacial score (nSPS) is 10.7. The summed E-state index contributed by atoms with van der Waals surface area (Å²) >= 11 is 5.98. The van der Waals surface area contributed by atoms with Gasteiger partial charge in [0.05, 0.1) is 26.5 Å². The van der Waals surface area contributed by atoms with Gasteiger partial charge in [-0.25, -0.2) is 4.98 Å². The number of methoxy groups -OCH3 is 2. The molecule has 0 aliphatic rings. The number of nitrogens with one attached hydrogen (secondary N) is 1. The van der Waals surface area contributed by atoms with E-state index in [9.17, 15) is 9.59 Å². The molecule has 0 atom stereocenters. The van der Waals surface area contributed by atoms with Crippen LogP contribution in [0.2, 0.25) is 5.02 Å². The van der Waals surface area contributed by atoms with E-state index in [2.05, 4.69) is 10.3 Å². The predicted octanol–water partition coefficient (Wildman–Crippen LogP) is 4.37. The molecule has 0 saturated heterocycles. The quantitative estimate of drug-likeness (QED) is 0.472. The van der Waals surface area contributed by atoms with E-state index in [0.717, 1.165) is 5.56 Å². The number of nitrogens with zero attached hydrogens (tertiary/aromatic N) is 2. The fraction of sp³-hybridized carbons (Fsp3) is 0.125. The molecule has 0 aliphatic carbocycles. The van der Waals surface area contributed by atoms with E-state index in [1.807, 2.05) is 18.2 Å². The number of anilines is 1. The molecule has 0 fully saturated rings. The second-order valence-corrected chi connectivity index (χ2v) is 7.45. The zero-order chi connectivity index (χ0) is 22.7. The molecule has 0 unspecified atom stereocenters. The summed E-state index contributed by atoms with van der Waals surface area (Å²) in [6.07, 6.45) is 1.61. The number of pyridine rings is 2. The van der Waals surface area contributed by atoms with Gasteiger partial charge in [0, 0.05) is 22.7 Å². The summed E-state index contributed by atoms with van der Waals surface area (Å²) in [4.78, 5) is 30.8. The molecule has 1 N–H and O–H groups in total. The van der Waals surface area contributed by atoms with Crippen molar-refractivity contribution in [2.45, 2.75) is 6.54 Å². The van der Waals surface area contributed by atoms with Crippen LogP contribution in [-0.4, -0.2) is 29.7 Å². The number of aromatic nitrogens is 2. The van der Waals surface area contributed by atoms with Crippen LogP contribution in [-0.2, 0) is 6.54 Å². The van der Waals surface area contributed by atoms with E-state index in [1.54, 1.807) is 55.8 Å². The molecule has 2 heterocycles. The highest BCUT2D eigenvalue weighted by molar-refractivity contribution is 6.30. The largest absolute Gasteiger partial charge is 0.497 e. The first-order chi connectivity index (χ1) is 15.5. The van der Waals surface area contributed by atoms with E-state index >= 15 is 0 Å². The Labute approximate surface area is 189 Å². The van der Waals surface area contributed by atoms with E-state index in [4.69, 9.17) is 21.1 Å². The molecule has 4 aromatic rings. The van der Waals surface area contributed by atoms with Crippen LogP contribution in [0.1, 0.15) is 15.9 Å². The molecule has 0 spiro atoms. The number of benzene rings is 2. The second kappa shape index (κ2) is 9.11. The monoisotopic (exact) mass is 449 g/mol. The Balaban J connectivity index is 1.76. The summed E-state index contributed by atoms with van der Waals surface area (Å²) in [6, 6.07) is 17.3. The van der Waals surface area contributed by atoms with Gasteiger partial charge >= 0.3 is 0 Å². The molecule has 0 saturated carbocycles. The Bertz CT molecular complexity index is 1350. The van der Waals surface area contributed by atoms with Crippen molar-refractivity contribution in [3.63, 3.8) is 0 Å². The summed E-state index contributed by atoms with van der Waals surface area (Å²) in [7, 11) is 3.03. The minimum Gasteiger partial charge on any atom is -0.497 e. The SMILES string of the molecule is COc1ccc(NC(=O)c2cc3cccnc3n(Cc3ccc(Cl)cc3)c2=O)c(OC)c1. The van der Waals surface area contributed by atoms with Crippen molar-refractivity contribution in [3.8, 4) is 11.5 Å². The third-order valence-electron chi connectivity index (χ3n) is 5.00. The van der Waals surface area contributed by atoms with Gasteiger partial charge in [-0.2, -0.15) is 0 Å². The molecule has 8 heteroatoms. The first-order valence-corrected chi connectivity index (χ1v) is 10.1. The number of carbonyl (C=O) groups excluding carboxylic acids is 1. The zero-order valence-corrected chi connectivity index (χ0v) is 18.2. The summed E-state index contributed by atoms with van der Waals surface area (Å²) in [6.45, 7) is 0.247. The lowest BCUT2D eigenvalue weighted by Gasteiger charge is -2.14. The number of halogens is 1. The molecule has 0 aliphatic heterocycles. The van der Waals surface area contributed by atoms with Crippen molar-refractivity contribution in [2.75, 3.05) is 19.5 Å². The average molecular weight is 450 g/mol. The Kier molecular flexibility index (Phi) is 6.09. The van der Waals surface area contributed by atoms with Gasteiger partial charge in [-0.15, -0.1) is 0 Å². The third-order valence-corrected chi connectivity index (χ3v) is 5.26. The van der Waals surface area contributed by atoms with Crippen LogP contribution >= 0.6 is 11.6 Å². The minimum absolute atomic E-state index is 0.00247. The standard InChI is InChI=1S/C24H20ClN3O4/c1-31-18-9-10-20(21(13-18)32-2)27-23(29)19-12-16-4-3-11-26-22(16)28(24(19)30)14-15-5-7-17(25)8-6-15/h3-13H,14H2,1-2H3,(H,27,29). The number of hydrogen-bond acceptors (Lipinski definition) is 5. The molecule has 1 amide bonds. The molecular formula is C24H20ClN3O4. The van der Waals surface area contributed by atoms with Crippen LogP contribution in [0.5, 0.6) is 11.5 Å². The maximum atomic E-state index is 13.3. The second-order valence-electron chi connectivity index (χ2n) is 7.01. The van der Waals surface area contributed by atoms with Crippen molar-refractivity contribution < 1.29 is 14.3 Å². The summed E-state index contributed by atoms with van der Waals surface area (Å²) in [5.74, 6) is 0.456. The van der Waals surface area contributed by atoms with E-state index in [1.165, 1.54) is 11.7 Å². The lowest BCUT2D eigenvalue weighted by atomic mass is 10.1. The predicted molar refractivity (Wildman–Crippen MR) is 124 cm³/mol. The Morgan fingerprint density at radius 1 is 1.06 bits per heavy atom. The van der Waals surface area contributed by atoms with Gasteiger partial charge in [0.25, 0.3) is 11.5 Å². The Morgan fingerprint density at radius 3 is 2.56 bits per heavy atom. The van der Waals surface area contributed by atoms with Gasteiger partial charge in [0.15, 0.2) is 0 Å². The van der Waals surface area contributed by atoms with Crippen LogP contribution in [0, 0.1) is 0 Å². The summed E-state index contributed by atoms with van der Waals surface area (Å²) < 4.78 is 12.0. The van der Waals surface area contributed by atoms with E-state index in [-0.39, 0.29) is 12.1 Å². The molecule has 162 valence electrons. The average Bonchev–Trinajstić information content (AvgIpc) is 2.82. The first kappa shape index (κ1) is 21.4. The maximum Gasteiger partial charge on any atom is 0.265 e. The summed E-state index contributed by atoms with van der Waals surface area (Å²) in [5.41, 5.74) is 1.32. The van der Waals surface area contributed by atoms with Crippen LogP contribution in [0.15, 0.2) is 71.7 Å². The topological polar surface area (TPSA) is 82.5 Å². The molecule has 7 nitrogen and oxygen atoms in total. The number of rotatable bonds is 6. The van der Waals surface area contributed by atoms with Crippen molar-refractivity contribution in [2.24, 2.45) is 0 Å². The van der Waals surface area contributed by atoms with Crippen molar-refractivity contribution in [1.82, 2.24) is 9.55 Å². The van der Waals surface area contributed by atoms with Crippen LogP contribution in [0.25, 0.3) is 11.0 Å². The Morgan fingerprint density at radius 2 is 1.84 bits per heavy atom. The number of carbonyl (C=O) groups is 1. The molecule has 0 bridgehead atoms. The number of amides is 1. The molecular weight excluding hydrogens is 430 g/mol. The van der Waals surface area contributed by atoms with Crippen LogP contribution in [0.4, 0.5) is 5.69 Å². The van der Waals surface area contributed by atoms with Gasteiger partial charge < -0.3 is 14.8 Å². The minimum atomic E-state index is -0.547. The molecule has 0 radical (unpaired) electrons. The molecule has 4 rings (SSSR count). The van der Waals surface area contributed by atoms with Crippen molar-refractivity contribution in [1.29, 1.82) is 0 Å². The van der Waals surface area contributed by atoms with Crippen LogP contribution < -0.4 is 20.3 Å². The molecule has 2 aromatic carbocycles. The van der Waals surface area contributed by atoms with Crippen molar-refractivity contribution >= 4 is 34.2 Å². The molecule has 2 aromatic heterocycles. The van der Waals surface area contributed by atoms with Gasteiger partial charge in [0.2, 0.25) is 0 Å². The fourth-order valence-corrected chi connectivity index (χ4v) is 3.51. The number of fused-ring (bicyclic) bond motifs is 1. The van der Waals surface area contributed by atoms with Gasteiger partial charge in [-0.05, 0) is 48.0 Å². The number of hydrogen-bond donors (Lipinski definition) is 1. The third kappa shape index (κ3) is 4.29. The van der Waals surface area contributed by atoms with Crippen LogP contribution in [0.3, 0.4) is 0 Å².